The van der Waals surface area contributed by atoms with Crippen LogP contribution in [0.25, 0.3) is 0 Å². The molecule has 0 aromatic heterocycles. The largest absolute Gasteiger partial charge is 0.449 e. The van der Waals surface area contributed by atoms with Crippen molar-refractivity contribution in [1.82, 2.24) is 4.90 Å². The summed E-state index contributed by atoms with van der Waals surface area (Å²) >= 11 is 0. The summed E-state index contributed by atoms with van der Waals surface area (Å²) in [5.41, 5.74) is 7.61. The Hall–Kier alpha value is -1.33. The van der Waals surface area contributed by atoms with Crippen LogP contribution in [-0.2, 0) is 4.74 Å². The van der Waals surface area contributed by atoms with Gasteiger partial charge in [0.25, 0.3) is 0 Å². The maximum absolute atomic E-state index is 11.8. The molecule has 1 aromatic rings. The number of rotatable bonds is 4. The molecule has 1 aliphatic rings. The van der Waals surface area contributed by atoms with Crippen molar-refractivity contribution in [3.05, 3.63) is 24.3 Å². The lowest BCUT2D eigenvalue weighted by atomic mass is 10.2. The molecule has 0 radical (unpaired) electrons. The molecule has 0 saturated carbocycles. The third kappa shape index (κ3) is 5.81. The van der Waals surface area contributed by atoms with E-state index in [0.29, 0.717) is 19.7 Å². The standard InChI is InChI=1S/C15H23N3O2.2ClH/c1-2-3-12-20-15(19)18-10-8-17(9-11-18)14-6-4-13(16)5-7-14;;/h4-7H,2-3,8-12,16H2,1H3;2*1H. The number of carbonyl (C=O) groups excluding carboxylic acids is 1. The van der Waals surface area contributed by atoms with Crippen molar-refractivity contribution >= 4 is 42.3 Å². The number of benzene rings is 1. The molecule has 0 atom stereocenters. The van der Waals surface area contributed by atoms with Crippen LogP contribution in [0.2, 0.25) is 0 Å². The molecule has 1 aliphatic heterocycles. The Labute approximate surface area is 144 Å². The molecule has 7 heteroatoms. The van der Waals surface area contributed by atoms with Crippen molar-refractivity contribution < 1.29 is 9.53 Å². The Morgan fingerprint density at radius 2 is 1.73 bits per heavy atom. The highest BCUT2D eigenvalue weighted by Crippen LogP contribution is 2.18. The third-order valence-electron chi connectivity index (χ3n) is 3.52. The van der Waals surface area contributed by atoms with Crippen molar-refractivity contribution in [2.45, 2.75) is 19.8 Å². The summed E-state index contributed by atoms with van der Waals surface area (Å²) in [5.74, 6) is 0. The summed E-state index contributed by atoms with van der Waals surface area (Å²) in [6.07, 6.45) is 1.78. The number of nitrogens with two attached hydrogens (primary N) is 1. The van der Waals surface area contributed by atoms with Crippen LogP contribution >= 0.6 is 24.8 Å². The van der Waals surface area contributed by atoms with Gasteiger partial charge in [0.2, 0.25) is 0 Å². The Morgan fingerprint density at radius 3 is 2.27 bits per heavy atom. The van der Waals surface area contributed by atoms with E-state index in [4.69, 9.17) is 10.5 Å². The van der Waals surface area contributed by atoms with E-state index in [9.17, 15) is 4.79 Å². The normalized spacial score (nSPS) is 13.9. The molecule has 126 valence electrons. The van der Waals surface area contributed by atoms with E-state index >= 15 is 0 Å². The molecular formula is C15H25Cl2N3O2. The van der Waals surface area contributed by atoms with Gasteiger partial charge in [0, 0.05) is 37.6 Å². The van der Waals surface area contributed by atoms with Gasteiger partial charge in [-0.05, 0) is 30.7 Å². The van der Waals surface area contributed by atoms with Crippen LogP contribution in [0.15, 0.2) is 24.3 Å². The molecule has 1 aromatic carbocycles. The fraction of sp³-hybridized carbons (Fsp3) is 0.533. The lowest BCUT2D eigenvalue weighted by Gasteiger charge is -2.35. The SMILES string of the molecule is CCCCOC(=O)N1CCN(c2ccc(N)cc2)CC1.Cl.Cl. The van der Waals surface area contributed by atoms with Crippen LogP contribution in [0.4, 0.5) is 16.2 Å². The topological polar surface area (TPSA) is 58.8 Å². The van der Waals surface area contributed by atoms with Gasteiger partial charge < -0.3 is 20.3 Å². The summed E-state index contributed by atoms with van der Waals surface area (Å²) in [6, 6.07) is 7.84. The average Bonchev–Trinajstić information content (AvgIpc) is 2.48. The highest BCUT2D eigenvalue weighted by molar-refractivity contribution is 5.85. The molecule has 22 heavy (non-hydrogen) atoms. The van der Waals surface area contributed by atoms with Gasteiger partial charge in [-0.3, -0.25) is 0 Å². The van der Waals surface area contributed by atoms with Gasteiger partial charge in [-0.15, -0.1) is 24.8 Å². The summed E-state index contributed by atoms with van der Waals surface area (Å²) in [7, 11) is 0. The van der Waals surface area contributed by atoms with Gasteiger partial charge in [0.05, 0.1) is 6.61 Å². The minimum Gasteiger partial charge on any atom is -0.449 e. The van der Waals surface area contributed by atoms with E-state index in [-0.39, 0.29) is 30.9 Å². The molecule has 0 unspecified atom stereocenters. The first-order chi connectivity index (χ1) is 9.70. The summed E-state index contributed by atoms with van der Waals surface area (Å²) in [5, 5.41) is 0. The molecule has 1 saturated heterocycles. The van der Waals surface area contributed by atoms with Crippen LogP contribution in [0.3, 0.4) is 0 Å². The Kier molecular flexibility index (Phi) is 9.78. The first kappa shape index (κ1) is 20.7. The van der Waals surface area contributed by atoms with Crippen molar-refractivity contribution in [3.63, 3.8) is 0 Å². The molecule has 0 aliphatic carbocycles. The summed E-state index contributed by atoms with van der Waals surface area (Å²) < 4.78 is 5.23. The predicted octanol–water partition coefficient (Wildman–Crippen LogP) is 3.17. The smallest absolute Gasteiger partial charge is 0.409 e. The van der Waals surface area contributed by atoms with Crippen molar-refractivity contribution in [3.8, 4) is 0 Å². The number of unbranched alkanes of at least 4 members (excludes halogenated alkanes) is 1. The summed E-state index contributed by atoms with van der Waals surface area (Å²) in [6.45, 7) is 5.66. The van der Waals surface area contributed by atoms with E-state index in [0.717, 1.165) is 37.3 Å². The molecule has 1 heterocycles. The minimum absolute atomic E-state index is 0. The third-order valence-corrected chi connectivity index (χ3v) is 3.52. The number of anilines is 2. The van der Waals surface area contributed by atoms with E-state index < -0.39 is 0 Å². The first-order valence-corrected chi connectivity index (χ1v) is 7.23. The Balaban J connectivity index is 0.00000220. The van der Waals surface area contributed by atoms with Crippen LogP contribution in [-0.4, -0.2) is 43.8 Å². The Bertz CT molecular complexity index is 435. The second-order valence-electron chi connectivity index (χ2n) is 5.03. The van der Waals surface area contributed by atoms with E-state index in [1.807, 2.05) is 24.3 Å². The van der Waals surface area contributed by atoms with Gasteiger partial charge in [-0.2, -0.15) is 0 Å². The number of halogens is 2. The molecule has 0 bridgehead atoms. The van der Waals surface area contributed by atoms with Gasteiger partial charge >= 0.3 is 6.09 Å². The van der Waals surface area contributed by atoms with E-state index in [1.165, 1.54) is 0 Å². The van der Waals surface area contributed by atoms with Gasteiger partial charge in [-0.1, -0.05) is 13.3 Å². The molecule has 2 N–H and O–H groups in total. The van der Waals surface area contributed by atoms with Gasteiger partial charge in [0.1, 0.15) is 0 Å². The van der Waals surface area contributed by atoms with Crippen molar-refractivity contribution in [2.24, 2.45) is 0 Å². The van der Waals surface area contributed by atoms with Crippen LogP contribution < -0.4 is 10.6 Å². The van der Waals surface area contributed by atoms with Gasteiger partial charge in [0.15, 0.2) is 0 Å². The number of nitrogens with zero attached hydrogens (tertiary/aromatic N) is 2. The second-order valence-corrected chi connectivity index (χ2v) is 5.03. The highest BCUT2D eigenvalue weighted by atomic mass is 35.5. The zero-order valence-electron chi connectivity index (χ0n) is 12.9. The highest BCUT2D eigenvalue weighted by Gasteiger charge is 2.22. The molecule has 2 rings (SSSR count). The zero-order valence-corrected chi connectivity index (χ0v) is 14.5. The van der Waals surface area contributed by atoms with Crippen molar-refractivity contribution in [1.29, 1.82) is 0 Å². The number of piperazine rings is 1. The number of hydrogen-bond acceptors (Lipinski definition) is 4. The molecule has 1 fully saturated rings. The molecule has 1 amide bonds. The number of amides is 1. The van der Waals surface area contributed by atoms with Gasteiger partial charge in [-0.25, -0.2) is 4.79 Å². The average molecular weight is 350 g/mol. The second kappa shape index (κ2) is 10.4. The first-order valence-electron chi connectivity index (χ1n) is 7.23. The van der Waals surface area contributed by atoms with Crippen molar-refractivity contribution in [2.75, 3.05) is 43.4 Å². The maximum Gasteiger partial charge on any atom is 0.409 e. The molecular weight excluding hydrogens is 325 g/mol. The number of ether oxygens (including phenoxy) is 1. The van der Waals surface area contributed by atoms with E-state index in [1.54, 1.807) is 4.90 Å². The number of carbonyl (C=O) groups is 1. The fourth-order valence-corrected chi connectivity index (χ4v) is 2.23. The Morgan fingerprint density at radius 1 is 1.14 bits per heavy atom. The maximum atomic E-state index is 11.8. The predicted molar refractivity (Wildman–Crippen MR) is 95.4 cm³/mol. The summed E-state index contributed by atoms with van der Waals surface area (Å²) in [4.78, 5) is 15.9. The number of nitrogen functional groups attached to an aromatic ring is 1. The number of hydrogen-bond donors (Lipinski definition) is 1. The lowest BCUT2D eigenvalue weighted by Crippen LogP contribution is -2.49. The molecule has 0 spiro atoms. The van der Waals surface area contributed by atoms with E-state index in [2.05, 4.69) is 11.8 Å². The monoisotopic (exact) mass is 349 g/mol. The fourth-order valence-electron chi connectivity index (χ4n) is 2.23. The molecule has 5 nitrogen and oxygen atoms in total. The van der Waals surface area contributed by atoms with Crippen LogP contribution in [0, 0.1) is 0 Å². The minimum atomic E-state index is -0.185. The quantitative estimate of drug-likeness (QED) is 0.669. The van der Waals surface area contributed by atoms with Crippen LogP contribution in [0.5, 0.6) is 0 Å². The zero-order chi connectivity index (χ0) is 14.4. The van der Waals surface area contributed by atoms with Crippen LogP contribution in [0.1, 0.15) is 19.8 Å². The lowest BCUT2D eigenvalue weighted by molar-refractivity contribution is 0.0989.